The zero-order chi connectivity index (χ0) is 22.5. The molecule has 0 amide bonds. The lowest BCUT2D eigenvalue weighted by atomic mass is 10.1. The first-order valence-electron chi connectivity index (χ1n) is 11.0. The Balaban J connectivity index is 1.60. The molecule has 0 aliphatic heterocycles. The van der Waals surface area contributed by atoms with E-state index in [4.69, 9.17) is 15.7 Å². The molecule has 4 heterocycles. The number of hydrogen-bond acceptors (Lipinski definition) is 6. The van der Waals surface area contributed by atoms with E-state index in [2.05, 4.69) is 51.8 Å². The van der Waals surface area contributed by atoms with Crippen molar-refractivity contribution in [3.05, 3.63) is 78.2 Å². The van der Waals surface area contributed by atoms with Crippen LogP contribution in [0.15, 0.2) is 67.1 Å². The first kappa shape index (κ1) is 19.6. The predicted molar refractivity (Wildman–Crippen MR) is 128 cm³/mol. The van der Waals surface area contributed by atoms with Gasteiger partial charge in [-0.25, -0.2) is 19.6 Å². The summed E-state index contributed by atoms with van der Waals surface area (Å²) in [4.78, 5) is 16.4. The zero-order valence-electron chi connectivity index (χ0n) is 18.6. The van der Waals surface area contributed by atoms with Crippen molar-refractivity contribution in [3.63, 3.8) is 0 Å². The molecule has 0 unspecified atom stereocenters. The minimum absolute atomic E-state index is 0.440. The summed E-state index contributed by atoms with van der Waals surface area (Å²) in [7, 11) is 4.28. The number of aryl methyl sites for hydroxylation is 1. The number of fused-ring (bicyclic) bond motifs is 2. The molecule has 5 aromatic rings. The highest BCUT2D eigenvalue weighted by Gasteiger charge is 2.26. The molecule has 0 saturated carbocycles. The number of nitrogens with two attached hydrogens (primary N) is 1. The lowest BCUT2D eigenvalue weighted by Crippen LogP contribution is -2.17. The van der Waals surface area contributed by atoms with E-state index in [0.29, 0.717) is 11.9 Å². The summed E-state index contributed by atoms with van der Waals surface area (Å²) in [5.41, 5.74) is 12.4. The second-order valence-electron chi connectivity index (χ2n) is 8.57. The van der Waals surface area contributed by atoms with Gasteiger partial charge < -0.3 is 10.6 Å². The Hall–Kier alpha value is -4.04. The molecule has 1 aliphatic carbocycles. The lowest BCUT2D eigenvalue weighted by Gasteiger charge is -2.20. The van der Waals surface area contributed by atoms with Crippen LogP contribution in [0.3, 0.4) is 0 Å². The quantitative estimate of drug-likeness (QED) is 0.461. The van der Waals surface area contributed by atoms with Crippen LogP contribution in [0.4, 0.5) is 5.82 Å². The van der Waals surface area contributed by atoms with Crippen LogP contribution in [0.5, 0.6) is 0 Å². The van der Waals surface area contributed by atoms with Crippen LogP contribution in [-0.2, 0) is 6.42 Å². The van der Waals surface area contributed by atoms with Crippen molar-refractivity contribution in [3.8, 4) is 22.9 Å². The molecule has 1 aromatic carbocycles. The number of nitrogen functional groups attached to an aromatic ring is 1. The van der Waals surface area contributed by atoms with Gasteiger partial charge in [0.1, 0.15) is 11.3 Å². The normalized spacial score (nSPS) is 15.4. The summed E-state index contributed by atoms with van der Waals surface area (Å²) in [5.74, 6) is 1.89. The average Bonchev–Trinajstić information content (AvgIpc) is 3.56. The molecule has 0 fully saturated rings. The van der Waals surface area contributed by atoms with Gasteiger partial charge in [-0.3, -0.25) is 4.57 Å². The molecule has 1 aliphatic rings. The number of imidazole rings is 1. The highest BCUT2D eigenvalue weighted by atomic mass is 15.3. The van der Waals surface area contributed by atoms with Crippen LogP contribution >= 0.6 is 0 Å². The maximum atomic E-state index is 6.27. The third-order valence-corrected chi connectivity index (χ3v) is 6.36. The maximum Gasteiger partial charge on any atom is 0.167 e. The Labute approximate surface area is 191 Å². The Morgan fingerprint density at radius 2 is 1.94 bits per heavy atom. The Morgan fingerprint density at radius 1 is 1.03 bits per heavy atom. The van der Waals surface area contributed by atoms with Crippen LogP contribution in [0.1, 0.15) is 23.6 Å². The second-order valence-corrected chi connectivity index (χ2v) is 8.57. The van der Waals surface area contributed by atoms with Gasteiger partial charge in [0, 0.05) is 30.3 Å². The Morgan fingerprint density at radius 3 is 2.73 bits per heavy atom. The van der Waals surface area contributed by atoms with Crippen molar-refractivity contribution in [1.82, 2.24) is 34.2 Å². The molecule has 8 heteroatoms. The molecule has 33 heavy (non-hydrogen) atoms. The SMILES string of the molecule is CN(C)[C@H]1CCc2cc(-n3c(-c4cccnc4N)nc4ccc(-n5cccn5)nc43)ccc21. The van der Waals surface area contributed by atoms with Crippen molar-refractivity contribution < 1.29 is 0 Å². The zero-order valence-corrected chi connectivity index (χ0v) is 18.6. The van der Waals surface area contributed by atoms with E-state index in [-0.39, 0.29) is 0 Å². The van der Waals surface area contributed by atoms with Crippen LogP contribution in [0, 0.1) is 0 Å². The van der Waals surface area contributed by atoms with E-state index in [0.717, 1.165) is 46.9 Å². The summed E-state index contributed by atoms with van der Waals surface area (Å²) in [5, 5.41) is 4.34. The Bertz CT molecular complexity index is 1470. The van der Waals surface area contributed by atoms with Gasteiger partial charge in [0.05, 0.1) is 5.56 Å². The third-order valence-electron chi connectivity index (χ3n) is 6.36. The van der Waals surface area contributed by atoms with Crippen LogP contribution in [0.2, 0.25) is 0 Å². The van der Waals surface area contributed by atoms with E-state index in [1.165, 1.54) is 11.1 Å². The molecule has 6 rings (SSSR count). The second kappa shape index (κ2) is 7.53. The summed E-state index contributed by atoms with van der Waals surface area (Å²) >= 11 is 0. The molecular weight excluding hydrogens is 412 g/mol. The number of rotatable bonds is 4. The summed E-state index contributed by atoms with van der Waals surface area (Å²) in [6, 6.07) is 16.7. The molecule has 0 saturated heterocycles. The highest BCUT2D eigenvalue weighted by molar-refractivity contribution is 5.83. The number of pyridine rings is 2. The van der Waals surface area contributed by atoms with Crippen LogP contribution < -0.4 is 5.73 Å². The lowest BCUT2D eigenvalue weighted by molar-refractivity contribution is 0.299. The largest absolute Gasteiger partial charge is 0.383 e. The predicted octanol–water partition coefficient (Wildman–Crippen LogP) is 3.80. The fourth-order valence-electron chi connectivity index (χ4n) is 4.77. The fraction of sp³-hybridized carbons (Fsp3) is 0.200. The average molecular weight is 437 g/mol. The van der Waals surface area contributed by atoms with E-state index in [1.54, 1.807) is 17.1 Å². The van der Waals surface area contributed by atoms with Gasteiger partial charge >= 0.3 is 0 Å². The third kappa shape index (κ3) is 3.18. The van der Waals surface area contributed by atoms with Gasteiger partial charge in [-0.1, -0.05) is 6.07 Å². The van der Waals surface area contributed by atoms with Crippen molar-refractivity contribution in [1.29, 1.82) is 0 Å². The smallest absolute Gasteiger partial charge is 0.167 e. The summed E-state index contributed by atoms with van der Waals surface area (Å²) < 4.78 is 3.83. The first-order valence-corrected chi connectivity index (χ1v) is 11.0. The molecule has 4 aromatic heterocycles. The van der Waals surface area contributed by atoms with E-state index in [1.807, 2.05) is 36.5 Å². The standard InChI is InChI=1S/C25H24N8/c1-31(2)21-10-6-16-15-17(7-8-18(16)21)33-24(19-5-3-12-27-23(19)26)29-20-9-11-22(30-25(20)33)32-14-4-13-28-32/h3-5,7-9,11-15,21H,6,10H2,1-2H3,(H2,26,27)/t21-/m0/s1. The van der Waals surface area contributed by atoms with Crippen molar-refractivity contribution in [2.75, 3.05) is 19.8 Å². The number of hydrogen-bond donors (Lipinski definition) is 1. The van der Waals surface area contributed by atoms with Gasteiger partial charge in [-0.05, 0) is 80.5 Å². The minimum atomic E-state index is 0.440. The topological polar surface area (TPSA) is 90.7 Å². The molecule has 164 valence electrons. The van der Waals surface area contributed by atoms with E-state index in [9.17, 15) is 0 Å². The fourth-order valence-corrected chi connectivity index (χ4v) is 4.77. The maximum absolute atomic E-state index is 6.27. The number of benzene rings is 1. The molecule has 2 N–H and O–H groups in total. The molecule has 0 radical (unpaired) electrons. The summed E-state index contributed by atoms with van der Waals surface area (Å²) in [6.45, 7) is 0. The van der Waals surface area contributed by atoms with Gasteiger partial charge in [-0.2, -0.15) is 5.10 Å². The number of nitrogens with zero attached hydrogens (tertiary/aromatic N) is 7. The van der Waals surface area contributed by atoms with Gasteiger partial charge in [0.25, 0.3) is 0 Å². The number of anilines is 1. The molecule has 1 atom stereocenters. The van der Waals surface area contributed by atoms with Gasteiger partial charge in [-0.15, -0.1) is 0 Å². The van der Waals surface area contributed by atoms with E-state index < -0.39 is 0 Å². The first-order chi connectivity index (χ1) is 16.1. The monoisotopic (exact) mass is 436 g/mol. The Kier molecular flexibility index (Phi) is 4.48. The van der Waals surface area contributed by atoms with Crippen molar-refractivity contribution in [2.24, 2.45) is 0 Å². The van der Waals surface area contributed by atoms with E-state index >= 15 is 0 Å². The van der Waals surface area contributed by atoms with Crippen molar-refractivity contribution >= 4 is 17.0 Å². The van der Waals surface area contributed by atoms with Crippen LogP contribution in [0.25, 0.3) is 34.1 Å². The van der Waals surface area contributed by atoms with Gasteiger partial charge in [0.15, 0.2) is 17.3 Å². The molecule has 0 bridgehead atoms. The molecule has 0 spiro atoms. The van der Waals surface area contributed by atoms with Crippen LogP contribution in [-0.4, -0.2) is 48.3 Å². The minimum Gasteiger partial charge on any atom is -0.383 e. The number of aromatic nitrogens is 6. The summed E-state index contributed by atoms with van der Waals surface area (Å²) in [6.07, 6.45) is 7.49. The molecular formula is C25H24N8. The van der Waals surface area contributed by atoms with Gasteiger partial charge in [0.2, 0.25) is 0 Å². The highest BCUT2D eigenvalue weighted by Crippen LogP contribution is 2.37. The molecule has 8 nitrogen and oxygen atoms in total. The van der Waals surface area contributed by atoms with Crippen molar-refractivity contribution in [2.45, 2.75) is 18.9 Å².